The van der Waals surface area contributed by atoms with Crippen LogP contribution in [0.3, 0.4) is 0 Å². The van der Waals surface area contributed by atoms with Crippen LogP contribution in [0.2, 0.25) is 0 Å². The molecule has 1 unspecified atom stereocenters. The number of amides is 1. The number of nitrogens with zero attached hydrogens (tertiary/aromatic N) is 4. The molecule has 8 nitrogen and oxygen atoms in total. The zero-order chi connectivity index (χ0) is 19.2. The molecule has 0 bridgehead atoms. The molecule has 4 rings (SSSR count). The number of hydrogen-bond donors (Lipinski definition) is 3. The smallest absolute Gasteiger partial charge is 0.252 e. The lowest BCUT2D eigenvalue weighted by atomic mass is 9.99. The van der Waals surface area contributed by atoms with Crippen LogP contribution in [0.15, 0.2) is 43.0 Å². The van der Waals surface area contributed by atoms with Gasteiger partial charge in [-0.05, 0) is 55.6 Å². The Morgan fingerprint density at radius 2 is 2.17 bits per heavy atom. The van der Waals surface area contributed by atoms with Gasteiger partial charge in [0, 0.05) is 43.3 Å². The van der Waals surface area contributed by atoms with Crippen LogP contribution in [0.4, 0.5) is 0 Å². The van der Waals surface area contributed by atoms with Crippen LogP contribution in [0, 0.1) is 5.92 Å². The molecule has 4 heterocycles. The summed E-state index contributed by atoms with van der Waals surface area (Å²) >= 11 is 0. The minimum atomic E-state index is -0.120. The van der Waals surface area contributed by atoms with E-state index in [9.17, 15) is 4.79 Å². The van der Waals surface area contributed by atoms with Crippen molar-refractivity contribution in [1.82, 2.24) is 35.8 Å². The van der Waals surface area contributed by atoms with Gasteiger partial charge in [-0.3, -0.25) is 19.9 Å². The highest BCUT2D eigenvalue weighted by atomic mass is 35.5. The molecule has 1 fully saturated rings. The molecular formula is C20H24ClN7O. The molecule has 3 N–H and O–H groups in total. The lowest BCUT2D eigenvalue weighted by molar-refractivity contribution is 0.0953. The molecule has 9 heteroatoms. The fourth-order valence-corrected chi connectivity index (χ4v) is 3.37. The van der Waals surface area contributed by atoms with E-state index in [1.807, 2.05) is 24.4 Å². The number of hydrogen-bond acceptors (Lipinski definition) is 6. The molecule has 1 atom stereocenters. The maximum Gasteiger partial charge on any atom is 0.252 e. The Bertz CT molecular complexity index is 925. The van der Waals surface area contributed by atoms with E-state index in [1.165, 1.54) is 6.42 Å². The predicted molar refractivity (Wildman–Crippen MR) is 112 cm³/mol. The summed E-state index contributed by atoms with van der Waals surface area (Å²) in [5.74, 6) is 1.83. The highest BCUT2D eigenvalue weighted by Crippen LogP contribution is 2.15. The number of H-pyrrole nitrogens is 1. The van der Waals surface area contributed by atoms with Gasteiger partial charge in [0.05, 0.1) is 5.56 Å². The van der Waals surface area contributed by atoms with Gasteiger partial charge in [0.15, 0.2) is 5.82 Å². The molecule has 29 heavy (non-hydrogen) atoms. The van der Waals surface area contributed by atoms with Gasteiger partial charge >= 0.3 is 0 Å². The number of rotatable bonds is 7. The summed E-state index contributed by atoms with van der Waals surface area (Å²) in [6.45, 7) is 2.58. The molecular weight excluding hydrogens is 390 g/mol. The zero-order valence-corrected chi connectivity index (χ0v) is 16.8. The van der Waals surface area contributed by atoms with E-state index >= 15 is 0 Å². The van der Waals surface area contributed by atoms with Crippen molar-refractivity contribution in [2.24, 2.45) is 5.92 Å². The Morgan fingerprint density at radius 3 is 2.97 bits per heavy atom. The van der Waals surface area contributed by atoms with E-state index in [4.69, 9.17) is 0 Å². The van der Waals surface area contributed by atoms with Crippen molar-refractivity contribution < 1.29 is 4.79 Å². The van der Waals surface area contributed by atoms with Gasteiger partial charge in [0.25, 0.3) is 5.91 Å². The van der Waals surface area contributed by atoms with Gasteiger partial charge in [-0.25, -0.2) is 4.98 Å². The average molecular weight is 414 g/mol. The Morgan fingerprint density at radius 1 is 1.24 bits per heavy atom. The summed E-state index contributed by atoms with van der Waals surface area (Å²) in [4.78, 5) is 25.2. The minimum Gasteiger partial charge on any atom is -0.352 e. The van der Waals surface area contributed by atoms with Crippen molar-refractivity contribution in [1.29, 1.82) is 0 Å². The Balaban J connectivity index is 0.00000240. The van der Waals surface area contributed by atoms with Crippen molar-refractivity contribution in [2.45, 2.75) is 19.3 Å². The van der Waals surface area contributed by atoms with Gasteiger partial charge in [0.2, 0.25) is 0 Å². The number of pyridine rings is 2. The van der Waals surface area contributed by atoms with E-state index in [-0.39, 0.29) is 18.3 Å². The van der Waals surface area contributed by atoms with Crippen molar-refractivity contribution >= 4 is 18.3 Å². The summed E-state index contributed by atoms with van der Waals surface area (Å²) < 4.78 is 0. The molecule has 0 aromatic carbocycles. The topological polar surface area (TPSA) is 108 Å². The van der Waals surface area contributed by atoms with Crippen molar-refractivity contribution in [3.05, 3.63) is 59.9 Å². The third-order valence-electron chi connectivity index (χ3n) is 4.84. The third-order valence-corrected chi connectivity index (χ3v) is 4.84. The molecule has 1 aliphatic heterocycles. The van der Waals surface area contributed by atoms with Crippen LogP contribution >= 0.6 is 12.4 Å². The SMILES string of the molecule is Cl.O=C(NCCc1nc(-c2cccnc2)n[nH]1)c1cncc(CC2CCNC2)c1. The summed E-state index contributed by atoms with van der Waals surface area (Å²) in [7, 11) is 0. The molecule has 0 aliphatic carbocycles. The summed E-state index contributed by atoms with van der Waals surface area (Å²) in [6, 6.07) is 5.69. The second-order valence-electron chi connectivity index (χ2n) is 7.00. The first-order chi connectivity index (χ1) is 13.8. The standard InChI is InChI=1S/C20H23N7O.ClH/c28-20(17-9-15(11-23-13-17)8-14-3-6-22-10-14)24-7-4-18-25-19(27-26-18)16-2-1-5-21-12-16;/h1-2,5,9,11-14,22H,3-4,6-8,10H2,(H,24,28)(H,25,26,27);1H. The van der Waals surface area contributed by atoms with Gasteiger partial charge in [-0.1, -0.05) is 0 Å². The molecule has 0 radical (unpaired) electrons. The molecule has 3 aromatic heterocycles. The highest BCUT2D eigenvalue weighted by Gasteiger charge is 2.16. The molecule has 1 saturated heterocycles. The number of aromatic amines is 1. The predicted octanol–water partition coefficient (Wildman–Crippen LogP) is 1.81. The molecule has 0 spiro atoms. The number of halogens is 1. The molecule has 1 aliphatic rings. The highest BCUT2D eigenvalue weighted by molar-refractivity contribution is 5.94. The van der Waals surface area contributed by atoms with E-state index in [0.29, 0.717) is 30.3 Å². The van der Waals surface area contributed by atoms with Crippen LogP contribution in [0.25, 0.3) is 11.4 Å². The lowest BCUT2D eigenvalue weighted by Crippen LogP contribution is -2.26. The number of carbonyl (C=O) groups is 1. The van der Waals surface area contributed by atoms with E-state index in [1.54, 1.807) is 18.6 Å². The van der Waals surface area contributed by atoms with Gasteiger partial charge in [-0.15, -0.1) is 12.4 Å². The summed E-state index contributed by atoms with van der Waals surface area (Å²) in [5, 5.41) is 13.4. The lowest BCUT2D eigenvalue weighted by Gasteiger charge is -2.09. The quantitative estimate of drug-likeness (QED) is 0.545. The Hall–Kier alpha value is -2.84. The van der Waals surface area contributed by atoms with Crippen molar-refractivity contribution in [2.75, 3.05) is 19.6 Å². The molecule has 3 aromatic rings. The van der Waals surface area contributed by atoms with Crippen molar-refractivity contribution in [3.8, 4) is 11.4 Å². The van der Waals surface area contributed by atoms with Gasteiger partial charge < -0.3 is 10.6 Å². The maximum atomic E-state index is 12.4. The molecule has 0 saturated carbocycles. The van der Waals surface area contributed by atoms with E-state index in [0.717, 1.165) is 36.5 Å². The Kier molecular flexibility index (Phi) is 7.26. The monoisotopic (exact) mass is 413 g/mol. The zero-order valence-electron chi connectivity index (χ0n) is 16.0. The largest absolute Gasteiger partial charge is 0.352 e. The average Bonchev–Trinajstić information content (AvgIpc) is 3.41. The summed E-state index contributed by atoms with van der Waals surface area (Å²) in [5.41, 5.74) is 2.56. The number of aromatic nitrogens is 5. The maximum absolute atomic E-state index is 12.4. The normalized spacial score (nSPS) is 15.7. The van der Waals surface area contributed by atoms with Gasteiger partial charge in [0.1, 0.15) is 5.82 Å². The van der Waals surface area contributed by atoms with Crippen LogP contribution in [-0.4, -0.2) is 50.7 Å². The second-order valence-corrected chi connectivity index (χ2v) is 7.00. The first-order valence-corrected chi connectivity index (χ1v) is 9.52. The first kappa shape index (κ1) is 20.9. The first-order valence-electron chi connectivity index (χ1n) is 9.52. The van der Waals surface area contributed by atoms with Gasteiger partial charge in [-0.2, -0.15) is 5.10 Å². The minimum absolute atomic E-state index is 0. The second kappa shape index (κ2) is 10.1. The summed E-state index contributed by atoms with van der Waals surface area (Å²) in [6.07, 6.45) is 9.59. The van der Waals surface area contributed by atoms with Crippen LogP contribution in [-0.2, 0) is 12.8 Å². The fourth-order valence-electron chi connectivity index (χ4n) is 3.37. The fraction of sp³-hybridized carbons (Fsp3) is 0.350. The number of nitrogens with one attached hydrogen (secondary N) is 3. The third kappa shape index (κ3) is 5.58. The number of carbonyl (C=O) groups excluding carboxylic acids is 1. The van der Waals surface area contributed by atoms with Crippen LogP contribution < -0.4 is 10.6 Å². The molecule has 152 valence electrons. The van der Waals surface area contributed by atoms with Crippen LogP contribution in [0.5, 0.6) is 0 Å². The van der Waals surface area contributed by atoms with Crippen molar-refractivity contribution in [3.63, 3.8) is 0 Å². The van der Waals surface area contributed by atoms with E-state index < -0.39 is 0 Å². The Labute approximate surface area is 175 Å². The molecule has 1 amide bonds. The van der Waals surface area contributed by atoms with E-state index in [2.05, 4.69) is 35.8 Å². The van der Waals surface area contributed by atoms with Crippen LogP contribution in [0.1, 0.15) is 28.2 Å².